The summed E-state index contributed by atoms with van der Waals surface area (Å²) >= 11 is 0. The molecule has 124 valence electrons. The van der Waals surface area contributed by atoms with Crippen molar-refractivity contribution in [2.75, 3.05) is 17.7 Å². The standard InChI is InChI=1S/C19H16N4O2/c1-25-16-6-4-15(5-7-16)22-19-20-10-14(11-21-19)12-2-3-13-9-18(24)23-17(13)8-12/h2-8,10-11H,9H2,1H3,(H,23,24)(H,20,21,22). The molecule has 2 N–H and O–H groups in total. The third-order valence-electron chi connectivity index (χ3n) is 4.07. The number of ether oxygens (including phenoxy) is 1. The number of benzene rings is 2. The molecule has 0 radical (unpaired) electrons. The Morgan fingerprint density at radius 1 is 1.04 bits per heavy atom. The highest BCUT2D eigenvalue weighted by atomic mass is 16.5. The number of aromatic nitrogens is 2. The zero-order valence-corrected chi connectivity index (χ0v) is 13.6. The van der Waals surface area contributed by atoms with Gasteiger partial charge in [-0.1, -0.05) is 12.1 Å². The van der Waals surface area contributed by atoms with Crippen molar-refractivity contribution in [2.24, 2.45) is 0 Å². The molecular formula is C19H16N4O2. The quantitative estimate of drug-likeness (QED) is 0.766. The molecule has 6 nitrogen and oxygen atoms in total. The Kier molecular flexibility index (Phi) is 3.78. The van der Waals surface area contributed by atoms with Gasteiger partial charge in [0.05, 0.1) is 13.5 Å². The van der Waals surface area contributed by atoms with Gasteiger partial charge in [-0.25, -0.2) is 9.97 Å². The minimum Gasteiger partial charge on any atom is -0.497 e. The second kappa shape index (κ2) is 6.24. The van der Waals surface area contributed by atoms with Crippen LogP contribution in [0.15, 0.2) is 54.9 Å². The Hall–Kier alpha value is -3.41. The van der Waals surface area contributed by atoms with Crippen LogP contribution in [0.1, 0.15) is 5.56 Å². The Morgan fingerprint density at radius 2 is 1.80 bits per heavy atom. The van der Waals surface area contributed by atoms with Crippen molar-refractivity contribution in [3.8, 4) is 16.9 Å². The van der Waals surface area contributed by atoms with Crippen LogP contribution >= 0.6 is 0 Å². The summed E-state index contributed by atoms with van der Waals surface area (Å²) in [6.45, 7) is 0. The van der Waals surface area contributed by atoms with E-state index in [-0.39, 0.29) is 5.91 Å². The van der Waals surface area contributed by atoms with Gasteiger partial charge in [0.15, 0.2) is 0 Å². The molecule has 0 unspecified atom stereocenters. The van der Waals surface area contributed by atoms with Gasteiger partial charge in [-0.15, -0.1) is 0 Å². The average molecular weight is 332 g/mol. The minimum absolute atomic E-state index is 0.0300. The number of fused-ring (bicyclic) bond motifs is 1. The van der Waals surface area contributed by atoms with E-state index in [1.54, 1.807) is 19.5 Å². The number of amides is 1. The van der Waals surface area contributed by atoms with Crippen molar-refractivity contribution < 1.29 is 9.53 Å². The fraction of sp³-hybridized carbons (Fsp3) is 0.105. The maximum Gasteiger partial charge on any atom is 0.228 e. The summed E-state index contributed by atoms with van der Waals surface area (Å²) < 4.78 is 5.14. The van der Waals surface area contributed by atoms with Crippen molar-refractivity contribution in [1.29, 1.82) is 0 Å². The molecule has 2 aromatic carbocycles. The Balaban J connectivity index is 1.52. The lowest BCUT2D eigenvalue weighted by molar-refractivity contribution is -0.115. The van der Waals surface area contributed by atoms with Crippen LogP contribution < -0.4 is 15.4 Å². The highest BCUT2D eigenvalue weighted by Crippen LogP contribution is 2.29. The molecule has 2 heterocycles. The van der Waals surface area contributed by atoms with Crippen molar-refractivity contribution in [3.05, 3.63) is 60.4 Å². The summed E-state index contributed by atoms with van der Waals surface area (Å²) in [6, 6.07) is 13.4. The van der Waals surface area contributed by atoms with E-state index in [0.29, 0.717) is 12.4 Å². The van der Waals surface area contributed by atoms with Gasteiger partial charge in [-0.05, 0) is 41.5 Å². The normalized spacial score (nSPS) is 12.4. The van der Waals surface area contributed by atoms with Crippen LogP contribution in [0.25, 0.3) is 11.1 Å². The summed E-state index contributed by atoms with van der Waals surface area (Å²) in [5.74, 6) is 1.34. The fourth-order valence-corrected chi connectivity index (χ4v) is 2.74. The number of carbonyl (C=O) groups excluding carboxylic acids is 1. The molecule has 0 atom stereocenters. The molecular weight excluding hydrogens is 316 g/mol. The maximum absolute atomic E-state index is 11.5. The number of anilines is 3. The van der Waals surface area contributed by atoms with E-state index >= 15 is 0 Å². The molecule has 0 aliphatic carbocycles. The SMILES string of the molecule is COc1ccc(Nc2ncc(-c3ccc4c(c3)NC(=O)C4)cn2)cc1. The zero-order valence-electron chi connectivity index (χ0n) is 13.6. The second-order valence-electron chi connectivity index (χ2n) is 5.75. The Labute approximate surface area is 144 Å². The zero-order chi connectivity index (χ0) is 17.2. The van der Waals surface area contributed by atoms with E-state index in [0.717, 1.165) is 33.8 Å². The first-order valence-corrected chi connectivity index (χ1v) is 7.87. The largest absolute Gasteiger partial charge is 0.497 e. The van der Waals surface area contributed by atoms with E-state index in [1.807, 2.05) is 42.5 Å². The van der Waals surface area contributed by atoms with Gasteiger partial charge >= 0.3 is 0 Å². The molecule has 1 aliphatic rings. The monoisotopic (exact) mass is 332 g/mol. The van der Waals surface area contributed by atoms with Gasteiger partial charge in [0, 0.05) is 29.3 Å². The first-order valence-electron chi connectivity index (χ1n) is 7.87. The molecule has 0 saturated carbocycles. The highest BCUT2D eigenvalue weighted by Gasteiger charge is 2.17. The number of hydrogen-bond acceptors (Lipinski definition) is 5. The van der Waals surface area contributed by atoms with Gasteiger partial charge < -0.3 is 15.4 Å². The first-order chi connectivity index (χ1) is 12.2. The topological polar surface area (TPSA) is 76.1 Å². The molecule has 25 heavy (non-hydrogen) atoms. The minimum atomic E-state index is 0.0300. The fourth-order valence-electron chi connectivity index (χ4n) is 2.74. The second-order valence-corrected chi connectivity index (χ2v) is 5.75. The lowest BCUT2D eigenvalue weighted by Crippen LogP contribution is -2.03. The lowest BCUT2D eigenvalue weighted by Gasteiger charge is -2.07. The van der Waals surface area contributed by atoms with Crippen LogP contribution in [0.3, 0.4) is 0 Å². The molecule has 1 aromatic heterocycles. The van der Waals surface area contributed by atoms with E-state index in [1.165, 1.54) is 0 Å². The van der Waals surface area contributed by atoms with E-state index < -0.39 is 0 Å². The van der Waals surface area contributed by atoms with Crippen molar-refractivity contribution in [2.45, 2.75) is 6.42 Å². The highest BCUT2D eigenvalue weighted by molar-refractivity contribution is 5.99. The molecule has 1 aliphatic heterocycles. The summed E-state index contributed by atoms with van der Waals surface area (Å²) in [4.78, 5) is 20.2. The summed E-state index contributed by atoms with van der Waals surface area (Å²) in [7, 11) is 1.63. The third kappa shape index (κ3) is 3.14. The summed E-state index contributed by atoms with van der Waals surface area (Å²) in [6.07, 6.45) is 3.96. The van der Waals surface area contributed by atoms with Crippen LogP contribution in [0, 0.1) is 0 Å². The van der Waals surface area contributed by atoms with Crippen molar-refractivity contribution >= 4 is 23.2 Å². The van der Waals surface area contributed by atoms with E-state index in [2.05, 4.69) is 20.6 Å². The van der Waals surface area contributed by atoms with Gasteiger partial charge in [0.1, 0.15) is 5.75 Å². The van der Waals surface area contributed by atoms with Crippen LogP contribution in [-0.2, 0) is 11.2 Å². The van der Waals surface area contributed by atoms with Gasteiger partial charge in [0.25, 0.3) is 0 Å². The average Bonchev–Trinajstić information content (AvgIpc) is 3.02. The predicted molar refractivity (Wildman–Crippen MR) is 96.1 cm³/mol. The van der Waals surface area contributed by atoms with Crippen LogP contribution in [0.4, 0.5) is 17.3 Å². The molecule has 1 amide bonds. The van der Waals surface area contributed by atoms with E-state index in [4.69, 9.17) is 4.74 Å². The predicted octanol–water partition coefficient (Wildman–Crippen LogP) is 3.39. The smallest absolute Gasteiger partial charge is 0.228 e. The molecule has 0 saturated heterocycles. The molecule has 0 bridgehead atoms. The van der Waals surface area contributed by atoms with Gasteiger partial charge in [-0.2, -0.15) is 0 Å². The van der Waals surface area contributed by atoms with Gasteiger partial charge in [-0.3, -0.25) is 4.79 Å². The number of carbonyl (C=O) groups is 1. The Morgan fingerprint density at radius 3 is 2.52 bits per heavy atom. The number of nitrogens with zero attached hydrogens (tertiary/aromatic N) is 2. The number of nitrogens with one attached hydrogen (secondary N) is 2. The van der Waals surface area contributed by atoms with Crippen LogP contribution in [0.5, 0.6) is 5.75 Å². The molecule has 4 rings (SSSR count). The number of methoxy groups -OCH3 is 1. The molecule has 3 aromatic rings. The van der Waals surface area contributed by atoms with E-state index in [9.17, 15) is 4.79 Å². The molecule has 6 heteroatoms. The number of hydrogen-bond donors (Lipinski definition) is 2. The third-order valence-corrected chi connectivity index (χ3v) is 4.07. The van der Waals surface area contributed by atoms with Crippen molar-refractivity contribution in [1.82, 2.24) is 9.97 Å². The summed E-state index contributed by atoms with van der Waals surface area (Å²) in [5, 5.41) is 6.01. The summed E-state index contributed by atoms with van der Waals surface area (Å²) in [5.41, 5.74) is 4.63. The van der Waals surface area contributed by atoms with Crippen molar-refractivity contribution in [3.63, 3.8) is 0 Å². The maximum atomic E-state index is 11.5. The number of rotatable bonds is 4. The van der Waals surface area contributed by atoms with Crippen LogP contribution in [0.2, 0.25) is 0 Å². The van der Waals surface area contributed by atoms with Crippen LogP contribution in [-0.4, -0.2) is 23.0 Å². The van der Waals surface area contributed by atoms with Gasteiger partial charge in [0.2, 0.25) is 11.9 Å². The Bertz CT molecular complexity index is 921. The molecule has 0 fully saturated rings. The molecule has 0 spiro atoms. The first kappa shape index (κ1) is 15.1. The lowest BCUT2D eigenvalue weighted by atomic mass is 10.1.